The van der Waals surface area contributed by atoms with E-state index in [4.69, 9.17) is 4.98 Å². The van der Waals surface area contributed by atoms with E-state index >= 15 is 0 Å². The van der Waals surface area contributed by atoms with E-state index in [1.54, 1.807) is 16.9 Å². The van der Waals surface area contributed by atoms with E-state index in [1.165, 1.54) is 12.8 Å². The van der Waals surface area contributed by atoms with Crippen LogP contribution in [0, 0.1) is 0 Å². The monoisotopic (exact) mass is 413 g/mol. The Morgan fingerprint density at radius 2 is 1.81 bits per heavy atom. The SMILES string of the molecule is O=C(c1cnn2c(-c3ccccc3)ccnc12)N1CCC(c2nc(C3CC3)n[nH]2)CC1. The van der Waals surface area contributed by atoms with Crippen molar-refractivity contribution in [3.8, 4) is 11.3 Å². The highest BCUT2D eigenvalue weighted by Gasteiger charge is 2.31. The van der Waals surface area contributed by atoms with Crippen molar-refractivity contribution >= 4 is 11.6 Å². The van der Waals surface area contributed by atoms with Gasteiger partial charge in [-0.2, -0.15) is 10.2 Å². The highest BCUT2D eigenvalue weighted by molar-refractivity contribution is 6.00. The van der Waals surface area contributed by atoms with Crippen LogP contribution in [0.2, 0.25) is 0 Å². The molecule has 6 rings (SSSR count). The smallest absolute Gasteiger partial charge is 0.259 e. The molecule has 156 valence electrons. The van der Waals surface area contributed by atoms with Crippen molar-refractivity contribution in [2.24, 2.45) is 0 Å². The number of carbonyl (C=O) groups excluding carboxylic acids is 1. The van der Waals surface area contributed by atoms with Gasteiger partial charge in [0.1, 0.15) is 11.4 Å². The lowest BCUT2D eigenvalue weighted by atomic mass is 9.96. The third kappa shape index (κ3) is 3.28. The zero-order valence-electron chi connectivity index (χ0n) is 17.1. The van der Waals surface area contributed by atoms with Crippen molar-refractivity contribution in [3.63, 3.8) is 0 Å². The molecule has 1 saturated heterocycles. The van der Waals surface area contributed by atoms with Crippen LogP contribution in [0.25, 0.3) is 16.9 Å². The maximum absolute atomic E-state index is 13.3. The van der Waals surface area contributed by atoms with Crippen LogP contribution in [0.1, 0.15) is 59.5 Å². The molecule has 8 heteroatoms. The molecule has 31 heavy (non-hydrogen) atoms. The van der Waals surface area contributed by atoms with E-state index in [0.29, 0.717) is 36.1 Å². The van der Waals surface area contributed by atoms with Gasteiger partial charge in [0.2, 0.25) is 0 Å². The first kappa shape index (κ1) is 18.2. The number of piperidine rings is 1. The zero-order valence-corrected chi connectivity index (χ0v) is 17.1. The summed E-state index contributed by atoms with van der Waals surface area (Å²) in [4.78, 5) is 24.3. The highest BCUT2D eigenvalue weighted by Crippen LogP contribution is 2.38. The summed E-state index contributed by atoms with van der Waals surface area (Å²) in [6, 6.07) is 11.9. The molecule has 3 aromatic heterocycles. The number of aromatic amines is 1. The lowest BCUT2D eigenvalue weighted by Crippen LogP contribution is -2.38. The van der Waals surface area contributed by atoms with Gasteiger partial charge in [-0.1, -0.05) is 30.3 Å². The molecule has 8 nitrogen and oxygen atoms in total. The molecule has 1 saturated carbocycles. The predicted molar refractivity (Wildman–Crippen MR) is 115 cm³/mol. The number of H-pyrrole nitrogens is 1. The summed E-state index contributed by atoms with van der Waals surface area (Å²) in [5, 5.41) is 12.0. The van der Waals surface area contributed by atoms with Crippen LogP contribution in [0.15, 0.2) is 48.8 Å². The molecule has 2 fully saturated rings. The minimum atomic E-state index is -0.0117. The fourth-order valence-corrected chi connectivity index (χ4v) is 4.39. The molecule has 1 amide bonds. The largest absolute Gasteiger partial charge is 0.338 e. The standard InChI is InChI=1S/C23H23N7O/c31-23(29-12-9-17(10-13-29)21-26-20(27-28-21)16-6-7-16)18-14-25-30-19(8-11-24-22(18)30)15-4-2-1-3-5-15/h1-5,8,11,14,16-17H,6-7,9-10,12-13H2,(H,26,27,28). The number of hydrogen-bond acceptors (Lipinski definition) is 5. The Bertz CT molecular complexity index is 1230. The average Bonchev–Trinajstić information content (AvgIpc) is 3.39. The second-order valence-corrected chi connectivity index (χ2v) is 8.41. The fraction of sp³-hybridized carbons (Fsp3) is 0.348. The molecule has 0 spiro atoms. The second-order valence-electron chi connectivity index (χ2n) is 8.41. The first-order chi connectivity index (χ1) is 15.3. The normalized spacial score (nSPS) is 17.4. The molecular weight excluding hydrogens is 390 g/mol. The third-order valence-corrected chi connectivity index (χ3v) is 6.33. The number of carbonyl (C=O) groups is 1. The number of aromatic nitrogens is 6. The molecule has 1 N–H and O–H groups in total. The van der Waals surface area contributed by atoms with Gasteiger partial charge in [-0.25, -0.2) is 14.5 Å². The van der Waals surface area contributed by atoms with Crippen LogP contribution in [0.5, 0.6) is 0 Å². The molecule has 2 aliphatic rings. The average molecular weight is 413 g/mol. The topological polar surface area (TPSA) is 92.1 Å². The number of amides is 1. The van der Waals surface area contributed by atoms with E-state index < -0.39 is 0 Å². The van der Waals surface area contributed by atoms with Gasteiger partial charge in [-0.3, -0.25) is 9.89 Å². The van der Waals surface area contributed by atoms with Crippen LogP contribution >= 0.6 is 0 Å². The number of rotatable bonds is 4. The van der Waals surface area contributed by atoms with Gasteiger partial charge in [-0.15, -0.1) is 0 Å². The predicted octanol–water partition coefficient (Wildman–Crippen LogP) is 3.41. The first-order valence-corrected chi connectivity index (χ1v) is 10.9. The second kappa shape index (κ2) is 7.30. The molecule has 0 bridgehead atoms. The Labute approximate surface area is 179 Å². The number of fused-ring (bicyclic) bond motifs is 1. The molecule has 1 aromatic carbocycles. The molecule has 4 heterocycles. The minimum Gasteiger partial charge on any atom is -0.338 e. The lowest BCUT2D eigenvalue weighted by molar-refractivity contribution is 0.0713. The van der Waals surface area contributed by atoms with Gasteiger partial charge >= 0.3 is 0 Å². The summed E-state index contributed by atoms with van der Waals surface area (Å²) >= 11 is 0. The van der Waals surface area contributed by atoms with Crippen molar-refractivity contribution < 1.29 is 4.79 Å². The zero-order chi connectivity index (χ0) is 20.8. The van der Waals surface area contributed by atoms with Crippen molar-refractivity contribution in [2.45, 2.75) is 37.5 Å². The summed E-state index contributed by atoms with van der Waals surface area (Å²) in [7, 11) is 0. The van der Waals surface area contributed by atoms with Crippen molar-refractivity contribution in [3.05, 3.63) is 66.0 Å². The Morgan fingerprint density at radius 1 is 1.00 bits per heavy atom. The van der Waals surface area contributed by atoms with Gasteiger partial charge in [-0.05, 0) is 31.7 Å². The van der Waals surface area contributed by atoms with Gasteiger partial charge in [0, 0.05) is 36.7 Å². The molecule has 0 unspecified atom stereocenters. The number of likely N-dealkylation sites (tertiary alicyclic amines) is 1. The molecule has 0 atom stereocenters. The highest BCUT2D eigenvalue weighted by atomic mass is 16.2. The van der Waals surface area contributed by atoms with Crippen LogP contribution < -0.4 is 0 Å². The summed E-state index contributed by atoms with van der Waals surface area (Å²) < 4.78 is 1.75. The van der Waals surface area contributed by atoms with E-state index in [-0.39, 0.29) is 5.91 Å². The molecule has 1 aliphatic carbocycles. The third-order valence-electron chi connectivity index (χ3n) is 6.33. The van der Waals surface area contributed by atoms with Crippen molar-refractivity contribution in [1.29, 1.82) is 0 Å². The summed E-state index contributed by atoms with van der Waals surface area (Å²) in [6.07, 6.45) is 7.54. The summed E-state index contributed by atoms with van der Waals surface area (Å²) in [5.41, 5.74) is 3.10. The number of benzene rings is 1. The molecule has 1 aliphatic heterocycles. The van der Waals surface area contributed by atoms with E-state index in [2.05, 4.69) is 20.3 Å². The fourth-order valence-electron chi connectivity index (χ4n) is 4.39. The Balaban J connectivity index is 1.20. The lowest BCUT2D eigenvalue weighted by Gasteiger charge is -2.30. The van der Waals surface area contributed by atoms with Crippen molar-refractivity contribution in [1.82, 2.24) is 34.7 Å². The van der Waals surface area contributed by atoms with Gasteiger partial charge < -0.3 is 4.90 Å². The molecule has 4 aromatic rings. The van der Waals surface area contributed by atoms with Crippen molar-refractivity contribution in [2.75, 3.05) is 13.1 Å². The van der Waals surface area contributed by atoms with Crippen LogP contribution in [0.3, 0.4) is 0 Å². The number of nitrogens with zero attached hydrogens (tertiary/aromatic N) is 6. The number of hydrogen-bond donors (Lipinski definition) is 1. The summed E-state index contributed by atoms with van der Waals surface area (Å²) in [6.45, 7) is 1.39. The maximum Gasteiger partial charge on any atom is 0.259 e. The quantitative estimate of drug-likeness (QED) is 0.554. The van der Waals surface area contributed by atoms with E-state index in [1.807, 2.05) is 41.3 Å². The van der Waals surface area contributed by atoms with E-state index in [0.717, 1.165) is 35.7 Å². The minimum absolute atomic E-state index is 0.0117. The van der Waals surface area contributed by atoms with Crippen LogP contribution in [0.4, 0.5) is 0 Å². The van der Waals surface area contributed by atoms with Gasteiger partial charge in [0.25, 0.3) is 5.91 Å². The summed E-state index contributed by atoms with van der Waals surface area (Å²) in [5.74, 6) is 2.80. The molecule has 0 radical (unpaired) electrons. The van der Waals surface area contributed by atoms with Crippen LogP contribution in [-0.2, 0) is 0 Å². The Morgan fingerprint density at radius 3 is 2.58 bits per heavy atom. The number of nitrogens with one attached hydrogen (secondary N) is 1. The van der Waals surface area contributed by atoms with Gasteiger partial charge in [0.05, 0.1) is 11.9 Å². The first-order valence-electron chi connectivity index (χ1n) is 10.9. The maximum atomic E-state index is 13.3. The van der Waals surface area contributed by atoms with Crippen LogP contribution in [-0.4, -0.2) is 53.7 Å². The molecular formula is C23H23N7O. The Kier molecular flexibility index (Phi) is 4.29. The van der Waals surface area contributed by atoms with E-state index in [9.17, 15) is 4.79 Å². The Hall–Kier alpha value is -3.55. The van der Waals surface area contributed by atoms with Gasteiger partial charge in [0.15, 0.2) is 11.5 Å².